The van der Waals surface area contributed by atoms with Crippen molar-refractivity contribution in [3.63, 3.8) is 0 Å². The molecule has 5 nitrogen and oxygen atoms in total. The molecule has 35 heavy (non-hydrogen) atoms. The molecule has 1 saturated heterocycles. The van der Waals surface area contributed by atoms with Crippen LogP contribution in [0.15, 0.2) is 84.9 Å². The Bertz CT molecular complexity index is 1190. The fourth-order valence-electron chi connectivity index (χ4n) is 4.62. The molecular weight excluding hydrogens is 464 g/mol. The smallest absolute Gasteiger partial charge is 0.341 e. The quantitative estimate of drug-likeness (QED) is 0.331. The van der Waals surface area contributed by atoms with Gasteiger partial charge in [0.15, 0.2) is 6.61 Å². The lowest BCUT2D eigenvalue weighted by Gasteiger charge is -2.42. The molecule has 4 rings (SSSR count). The zero-order valence-electron chi connectivity index (χ0n) is 19.8. The fraction of sp³-hybridized carbons (Fsp3) is 0.276. The summed E-state index contributed by atoms with van der Waals surface area (Å²) in [5, 5.41) is 9.91. The van der Waals surface area contributed by atoms with E-state index >= 15 is 0 Å². The number of aliphatic carboxylic acids is 1. The summed E-state index contributed by atoms with van der Waals surface area (Å²) in [6.45, 7) is 7.82. The van der Waals surface area contributed by atoms with Gasteiger partial charge in [0.1, 0.15) is 17.2 Å². The predicted octanol–water partition coefficient (Wildman–Crippen LogP) is 7.42. The van der Waals surface area contributed by atoms with Crippen molar-refractivity contribution in [2.45, 2.75) is 38.4 Å². The third-order valence-electron chi connectivity index (χ3n) is 6.36. The van der Waals surface area contributed by atoms with E-state index in [1.807, 2.05) is 74.5 Å². The van der Waals surface area contributed by atoms with Crippen LogP contribution in [0.1, 0.15) is 43.4 Å². The Morgan fingerprint density at radius 2 is 1.77 bits per heavy atom. The summed E-state index contributed by atoms with van der Waals surface area (Å²) in [7, 11) is 0. The first-order valence-corrected chi connectivity index (χ1v) is 12.0. The van der Waals surface area contributed by atoms with Crippen LogP contribution in [0.25, 0.3) is 0 Å². The molecule has 1 fully saturated rings. The summed E-state index contributed by atoms with van der Waals surface area (Å²) in [4.78, 5) is 11.2. The van der Waals surface area contributed by atoms with Gasteiger partial charge in [0, 0.05) is 22.4 Å². The summed E-state index contributed by atoms with van der Waals surface area (Å²) in [5.41, 5.74) is 2.75. The lowest BCUT2D eigenvalue weighted by atomic mass is 9.76. The van der Waals surface area contributed by atoms with Crippen molar-refractivity contribution in [3.8, 4) is 17.2 Å². The van der Waals surface area contributed by atoms with E-state index in [4.69, 9.17) is 25.8 Å². The van der Waals surface area contributed by atoms with E-state index in [2.05, 4.69) is 6.58 Å². The molecule has 3 aromatic carbocycles. The molecular formula is C29H29ClO5. The maximum absolute atomic E-state index is 11.2. The second-order valence-electron chi connectivity index (χ2n) is 8.88. The molecule has 4 atom stereocenters. The van der Waals surface area contributed by atoms with Crippen molar-refractivity contribution in [2.75, 3.05) is 6.61 Å². The number of hydrogen-bond donors (Lipinski definition) is 1. The van der Waals surface area contributed by atoms with Crippen LogP contribution < -0.4 is 9.47 Å². The van der Waals surface area contributed by atoms with E-state index in [0.717, 1.165) is 28.1 Å². The highest BCUT2D eigenvalue weighted by molar-refractivity contribution is 6.31. The number of carboxylic acid groups (broad SMARTS) is 1. The second-order valence-corrected chi connectivity index (χ2v) is 9.28. The van der Waals surface area contributed by atoms with Gasteiger partial charge in [-0.1, -0.05) is 60.2 Å². The van der Waals surface area contributed by atoms with Gasteiger partial charge in [0.2, 0.25) is 0 Å². The number of carbonyl (C=O) groups is 1. The molecule has 0 radical (unpaired) electrons. The highest BCUT2D eigenvalue weighted by atomic mass is 35.5. The predicted molar refractivity (Wildman–Crippen MR) is 136 cm³/mol. The maximum atomic E-state index is 11.2. The molecule has 1 aliphatic heterocycles. The molecule has 1 heterocycles. The minimum absolute atomic E-state index is 0.0355. The normalized spacial score (nSPS) is 21.8. The van der Waals surface area contributed by atoms with Gasteiger partial charge in [-0.15, -0.1) is 0 Å². The fourth-order valence-corrected chi connectivity index (χ4v) is 4.90. The summed E-state index contributed by atoms with van der Waals surface area (Å²) in [6.07, 6.45) is 0.262. The average Bonchev–Trinajstić information content (AvgIpc) is 2.84. The Morgan fingerprint density at radius 1 is 1.06 bits per heavy atom. The van der Waals surface area contributed by atoms with Gasteiger partial charge < -0.3 is 19.3 Å². The third-order valence-corrected chi connectivity index (χ3v) is 6.70. The van der Waals surface area contributed by atoms with Crippen molar-refractivity contribution < 1.29 is 24.1 Å². The Hall–Kier alpha value is -3.28. The van der Waals surface area contributed by atoms with E-state index in [-0.39, 0.29) is 24.0 Å². The maximum Gasteiger partial charge on any atom is 0.341 e. The van der Waals surface area contributed by atoms with Crippen LogP contribution in [-0.4, -0.2) is 23.8 Å². The highest BCUT2D eigenvalue weighted by Gasteiger charge is 2.39. The molecule has 0 bridgehead atoms. The number of para-hydroxylation sites is 1. The second kappa shape index (κ2) is 11.0. The Morgan fingerprint density at radius 3 is 2.46 bits per heavy atom. The molecule has 182 valence electrons. The summed E-state index contributed by atoms with van der Waals surface area (Å²) in [5.74, 6) is 0.770. The van der Waals surface area contributed by atoms with E-state index in [1.165, 1.54) is 0 Å². The zero-order valence-corrected chi connectivity index (χ0v) is 20.6. The highest BCUT2D eigenvalue weighted by Crippen LogP contribution is 2.49. The zero-order chi connectivity index (χ0) is 24.9. The van der Waals surface area contributed by atoms with E-state index in [9.17, 15) is 9.90 Å². The standard InChI is InChI=1S/C29H29ClO5/c1-18(2)23-16-24(22-11-7-8-12-26(22)30)19(3)34-29(23)25-15-21(35-20-9-5-4-6-10-20)13-14-27(25)33-17-28(31)32/h4-15,19,23-24,29H,1,16-17H2,2-3H3,(H,31,32)/t19-,23-,24-,29-/m0/s1. The van der Waals surface area contributed by atoms with Gasteiger partial charge in [0.25, 0.3) is 0 Å². The molecule has 0 saturated carbocycles. The SMILES string of the molecule is C=C(C)[C@@H]1C[C@H](c2ccccc2Cl)[C@H](C)O[C@@H]1c1cc(Oc2ccccc2)ccc1OCC(=O)O. The minimum Gasteiger partial charge on any atom is -0.482 e. The molecule has 0 spiro atoms. The van der Waals surface area contributed by atoms with Crippen LogP contribution >= 0.6 is 11.6 Å². The Kier molecular flexibility index (Phi) is 7.79. The molecule has 1 N–H and O–H groups in total. The van der Waals surface area contributed by atoms with Crippen LogP contribution in [-0.2, 0) is 9.53 Å². The molecule has 0 aromatic heterocycles. The van der Waals surface area contributed by atoms with Gasteiger partial charge in [-0.2, -0.15) is 0 Å². The number of carboxylic acids is 1. The summed E-state index contributed by atoms with van der Waals surface area (Å²) >= 11 is 6.53. The summed E-state index contributed by atoms with van der Waals surface area (Å²) in [6, 6.07) is 22.7. The van der Waals surface area contributed by atoms with E-state index in [1.54, 1.807) is 12.1 Å². The number of halogens is 1. The number of ether oxygens (including phenoxy) is 3. The van der Waals surface area contributed by atoms with Crippen LogP contribution in [0, 0.1) is 5.92 Å². The third kappa shape index (κ3) is 5.87. The van der Waals surface area contributed by atoms with Gasteiger partial charge in [0.05, 0.1) is 12.2 Å². The average molecular weight is 493 g/mol. The monoisotopic (exact) mass is 492 g/mol. The first-order valence-electron chi connectivity index (χ1n) is 11.6. The molecule has 0 aliphatic carbocycles. The Balaban J connectivity index is 1.70. The van der Waals surface area contributed by atoms with Crippen molar-refractivity contribution in [2.24, 2.45) is 5.92 Å². The van der Waals surface area contributed by atoms with Gasteiger partial charge in [-0.25, -0.2) is 4.79 Å². The van der Waals surface area contributed by atoms with E-state index < -0.39 is 12.6 Å². The molecule has 0 unspecified atom stereocenters. The minimum atomic E-state index is -1.05. The van der Waals surface area contributed by atoms with E-state index in [0.29, 0.717) is 17.2 Å². The lowest BCUT2D eigenvalue weighted by molar-refractivity contribution is -0.139. The van der Waals surface area contributed by atoms with Crippen molar-refractivity contribution in [1.82, 2.24) is 0 Å². The molecule has 6 heteroatoms. The largest absolute Gasteiger partial charge is 0.482 e. The first kappa shape index (κ1) is 24.8. The van der Waals surface area contributed by atoms with Crippen LogP contribution in [0.4, 0.5) is 0 Å². The van der Waals surface area contributed by atoms with Crippen LogP contribution in [0.3, 0.4) is 0 Å². The van der Waals surface area contributed by atoms with Crippen LogP contribution in [0.5, 0.6) is 17.2 Å². The summed E-state index contributed by atoms with van der Waals surface area (Å²) < 4.78 is 18.3. The molecule has 0 amide bonds. The van der Waals surface area contributed by atoms with Crippen molar-refractivity contribution >= 4 is 17.6 Å². The number of hydrogen-bond acceptors (Lipinski definition) is 4. The van der Waals surface area contributed by atoms with Crippen LogP contribution in [0.2, 0.25) is 5.02 Å². The van der Waals surface area contributed by atoms with Crippen molar-refractivity contribution in [3.05, 3.63) is 101 Å². The van der Waals surface area contributed by atoms with Gasteiger partial charge in [-0.3, -0.25) is 0 Å². The number of benzene rings is 3. The van der Waals surface area contributed by atoms with Gasteiger partial charge >= 0.3 is 5.97 Å². The van der Waals surface area contributed by atoms with Crippen molar-refractivity contribution in [1.29, 1.82) is 0 Å². The van der Waals surface area contributed by atoms with Gasteiger partial charge in [-0.05, 0) is 62.2 Å². The molecule has 3 aromatic rings. The lowest BCUT2D eigenvalue weighted by Crippen LogP contribution is -2.34. The number of rotatable bonds is 8. The Labute approximate surface area is 210 Å². The topological polar surface area (TPSA) is 65.0 Å². The molecule has 1 aliphatic rings. The first-order chi connectivity index (χ1) is 16.8.